The van der Waals surface area contributed by atoms with E-state index in [-0.39, 0.29) is 30.4 Å². The molecular weight excluding hydrogens is 421 g/mol. The van der Waals surface area contributed by atoms with Crippen molar-refractivity contribution in [3.63, 3.8) is 0 Å². The Labute approximate surface area is 185 Å². The molecule has 32 heavy (non-hydrogen) atoms. The summed E-state index contributed by atoms with van der Waals surface area (Å²) in [5, 5.41) is 0. The highest BCUT2D eigenvalue weighted by Crippen LogP contribution is 2.30. The van der Waals surface area contributed by atoms with E-state index >= 15 is 0 Å². The first-order valence-electron chi connectivity index (χ1n) is 10.5. The Kier molecular flexibility index (Phi) is 7.23. The van der Waals surface area contributed by atoms with E-state index in [1.54, 1.807) is 23.1 Å². The van der Waals surface area contributed by atoms with Crippen molar-refractivity contribution in [1.82, 2.24) is 9.80 Å². The molecular formula is C24H27F3N2O3. The molecule has 0 radical (unpaired) electrons. The zero-order valence-electron chi connectivity index (χ0n) is 18.4. The summed E-state index contributed by atoms with van der Waals surface area (Å²) in [6.07, 6.45) is -4.49. The quantitative estimate of drug-likeness (QED) is 0.645. The molecule has 2 atom stereocenters. The van der Waals surface area contributed by atoms with Gasteiger partial charge in [0.25, 0.3) is 0 Å². The number of carbonyl (C=O) groups excluding carboxylic acids is 2. The fourth-order valence-corrected chi connectivity index (χ4v) is 4.30. The molecule has 1 heterocycles. The minimum Gasteiger partial charge on any atom is -0.465 e. The molecule has 2 aromatic carbocycles. The molecule has 0 aromatic heterocycles. The van der Waals surface area contributed by atoms with Gasteiger partial charge in [0.15, 0.2) is 0 Å². The predicted molar refractivity (Wildman–Crippen MR) is 114 cm³/mol. The van der Waals surface area contributed by atoms with Crippen LogP contribution in [0.25, 0.3) is 0 Å². The van der Waals surface area contributed by atoms with E-state index in [1.165, 1.54) is 13.2 Å². The Morgan fingerprint density at radius 1 is 1.00 bits per heavy atom. The van der Waals surface area contributed by atoms with Gasteiger partial charge in [0.2, 0.25) is 5.91 Å². The average Bonchev–Trinajstić information content (AvgIpc) is 2.73. The number of hydrogen-bond donors (Lipinski definition) is 0. The zero-order valence-corrected chi connectivity index (χ0v) is 18.4. The predicted octanol–water partition coefficient (Wildman–Crippen LogP) is 4.16. The monoisotopic (exact) mass is 448 g/mol. The lowest BCUT2D eigenvalue weighted by Gasteiger charge is -2.44. The van der Waals surface area contributed by atoms with E-state index in [1.807, 2.05) is 26.0 Å². The van der Waals surface area contributed by atoms with Crippen LogP contribution in [0.4, 0.5) is 13.2 Å². The number of piperazine rings is 1. The molecule has 1 saturated heterocycles. The van der Waals surface area contributed by atoms with Gasteiger partial charge in [-0.05, 0) is 43.2 Å². The first kappa shape index (κ1) is 23.8. The number of methoxy groups -OCH3 is 1. The molecule has 3 rings (SSSR count). The SMILES string of the molecule is COC(=O)c1ccc(CN2C[C@@H](C)N(C(=O)Cc3cccc(C(F)(F)F)c3)[C@@H](C)C2)cc1. The minimum atomic E-state index is -4.43. The topological polar surface area (TPSA) is 49.9 Å². The van der Waals surface area contributed by atoms with Crippen LogP contribution in [0.3, 0.4) is 0 Å². The number of rotatable bonds is 5. The largest absolute Gasteiger partial charge is 0.465 e. The van der Waals surface area contributed by atoms with Crippen molar-refractivity contribution in [2.45, 2.75) is 45.1 Å². The van der Waals surface area contributed by atoms with E-state index in [4.69, 9.17) is 4.74 Å². The van der Waals surface area contributed by atoms with E-state index in [0.717, 1.165) is 17.7 Å². The Bertz CT molecular complexity index is 948. The van der Waals surface area contributed by atoms with Crippen molar-refractivity contribution in [2.24, 2.45) is 0 Å². The number of amides is 1. The summed E-state index contributed by atoms with van der Waals surface area (Å²) in [6.45, 7) is 5.88. The van der Waals surface area contributed by atoms with Crippen LogP contribution in [0.2, 0.25) is 0 Å². The molecule has 0 aliphatic carbocycles. The number of benzene rings is 2. The van der Waals surface area contributed by atoms with Crippen LogP contribution in [0.5, 0.6) is 0 Å². The van der Waals surface area contributed by atoms with Crippen LogP contribution in [-0.4, -0.2) is 54.0 Å². The van der Waals surface area contributed by atoms with Crippen LogP contribution in [-0.2, 0) is 28.7 Å². The van der Waals surface area contributed by atoms with Gasteiger partial charge in [-0.3, -0.25) is 9.69 Å². The summed E-state index contributed by atoms with van der Waals surface area (Å²) in [5.74, 6) is -0.557. The summed E-state index contributed by atoms with van der Waals surface area (Å²) in [5.41, 5.74) is 1.15. The highest BCUT2D eigenvalue weighted by molar-refractivity contribution is 5.89. The fraction of sp³-hybridized carbons (Fsp3) is 0.417. The third kappa shape index (κ3) is 5.68. The van der Waals surface area contributed by atoms with Crippen molar-refractivity contribution in [2.75, 3.05) is 20.2 Å². The second-order valence-corrected chi connectivity index (χ2v) is 8.26. The maximum Gasteiger partial charge on any atom is 0.416 e. The number of ether oxygens (including phenoxy) is 1. The lowest BCUT2D eigenvalue weighted by Crippen LogP contribution is -2.58. The van der Waals surface area contributed by atoms with E-state index < -0.39 is 11.7 Å². The number of carbonyl (C=O) groups is 2. The van der Waals surface area contributed by atoms with Crippen LogP contribution in [0, 0.1) is 0 Å². The Morgan fingerprint density at radius 3 is 2.19 bits per heavy atom. The van der Waals surface area contributed by atoms with Gasteiger partial charge in [-0.25, -0.2) is 4.79 Å². The van der Waals surface area contributed by atoms with Crippen LogP contribution < -0.4 is 0 Å². The molecule has 1 aliphatic heterocycles. The molecule has 0 spiro atoms. The summed E-state index contributed by atoms with van der Waals surface area (Å²) in [4.78, 5) is 28.5. The van der Waals surface area contributed by atoms with E-state index in [0.29, 0.717) is 30.8 Å². The molecule has 1 fully saturated rings. The van der Waals surface area contributed by atoms with Crippen molar-refractivity contribution < 1.29 is 27.5 Å². The van der Waals surface area contributed by atoms with E-state index in [2.05, 4.69) is 4.90 Å². The normalized spacial score (nSPS) is 19.6. The molecule has 0 saturated carbocycles. The molecule has 8 heteroatoms. The zero-order chi connectivity index (χ0) is 23.5. The maximum atomic E-state index is 13.0. The smallest absolute Gasteiger partial charge is 0.416 e. The van der Waals surface area contributed by atoms with Crippen molar-refractivity contribution in [3.05, 3.63) is 70.8 Å². The number of nitrogens with zero attached hydrogens (tertiary/aromatic N) is 2. The standard InChI is InChI=1S/C24H27F3N2O3/c1-16-13-28(15-18-7-9-20(10-8-18)23(31)32-3)14-17(2)29(16)22(30)12-19-5-4-6-21(11-19)24(25,26)27/h4-11,16-17H,12-15H2,1-3H3/t16-,17+. The van der Waals surface area contributed by atoms with Gasteiger partial charge in [-0.15, -0.1) is 0 Å². The lowest BCUT2D eigenvalue weighted by atomic mass is 10.0. The van der Waals surface area contributed by atoms with Crippen LogP contribution in [0.15, 0.2) is 48.5 Å². The molecule has 0 bridgehead atoms. The summed E-state index contributed by atoms with van der Waals surface area (Å²) in [6, 6.07) is 12.0. The van der Waals surface area contributed by atoms with Crippen LogP contribution >= 0.6 is 0 Å². The van der Waals surface area contributed by atoms with Gasteiger partial charge in [0.05, 0.1) is 24.7 Å². The molecule has 0 unspecified atom stereocenters. The second-order valence-electron chi connectivity index (χ2n) is 8.26. The summed E-state index contributed by atoms with van der Waals surface area (Å²) in [7, 11) is 1.34. The number of alkyl halides is 3. The average molecular weight is 448 g/mol. The van der Waals surface area contributed by atoms with Crippen molar-refractivity contribution in [1.29, 1.82) is 0 Å². The molecule has 5 nitrogen and oxygen atoms in total. The highest BCUT2D eigenvalue weighted by Gasteiger charge is 2.34. The molecule has 0 N–H and O–H groups in total. The minimum absolute atomic E-state index is 0.0619. The Hall–Kier alpha value is -2.87. The second kappa shape index (κ2) is 9.73. The number of hydrogen-bond acceptors (Lipinski definition) is 4. The first-order valence-corrected chi connectivity index (χ1v) is 10.5. The van der Waals surface area contributed by atoms with Gasteiger partial charge in [0, 0.05) is 31.7 Å². The summed E-state index contributed by atoms with van der Waals surface area (Å²) >= 11 is 0. The molecule has 172 valence electrons. The van der Waals surface area contributed by atoms with Gasteiger partial charge in [0.1, 0.15) is 0 Å². The van der Waals surface area contributed by atoms with Crippen molar-refractivity contribution in [3.8, 4) is 0 Å². The Morgan fingerprint density at radius 2 is 1.62 bits per heavy atom. The first-order chi connectivity index (χ1) is 15.1. The highest BCUT2D eigenvalue weighted by atomic mass is 19.4. The maximum absolute atomic E-state index is 13.0. The van der Waals surface area contributed by atoms with Crippen LogP contribution in [0.1, 0.15) is 40.9 Å². The Balaban J connectivity index is 1.62. The summed E-state index contributed by atoms with van der Waals surface area (Å²) < 4.78 is 43.6. The van der Waals surface area contributed by atoms with Crippen molar-refractivity contribution >= 4 is 11.9 Å². The van der Waals surface area contributed by atoms with Gasteiger partial charge in [-0.2, -0.15) is 13.2 Å². The molecule has 1 aliphatic rings. The molecule has 2 aromatic rings. The van der Waals surface area contributed by atoms with Gasteiger partial charge < -0.3 is 9.64 Å². The van der Waals surface area contributed by atoms with Gasteiger partial charge >= 0.3 is 12.1 Å². The van der Waals surface area contributed by atoms with E-state index in [9.17, 15) is 22.8 Å². The molecule has 1 amide bonds. The number of esters is 1. The lowest BCUT2D eigenvalue weighted by molar-refractivity contribution is -0.139. The fourth-order valence-electron chi connectivity index (χ4n) is 4.30. The third-order valence-corrected chi connectivity index (χ3v) is 5.67. The van der Waals surface area contributed by atoms with Gasteiger partial charge in [-0.1, -0.05) is 30.3 Å². The number of halogens is 3. The third-order valence-electron chi connectivity index (χ3n) is 5.67.